The minimum Gasteiger partial charge on any atom is -0.383 e. The zero-order valence-electron chi connectivity index (χ0n) is 13.3. The highest BCUT2D eigenvalue weighted by Crippen LogP contribution is 2.37. The smallest absolute Gasteiger partial charge is 0.168 e. The molecule has 21 heavy (non-hydrogen) atoms. The Morgan fingerprint density at radius 2 is 1.95 bits per heavy atom. The molecule has 0 aromatic rings. The molecule has 0 aromatic heterocycles. The second-order valence-electron chi connectivity index (χ2n) is 6.62. The molecule has 1 spiro atoms. The summed E-state index contributed by atoms with van der Waals surface area (Å²) in [5, 5.41) is 3.62. The molecule has 1 aliphatic carbocycles. The molecule has 0 bridgehead atoms. The zero-order valence-corrected chi connectivity index (χ0v) is 13.3. The lowest BCUT2D eigenvalue weighted by atomic mass is 9.88. The average Bonchev–Trinajstić information content (AvgIpc) is 3.17. The number of hydrogen-bond donors (Lipinski definition) is 1. The Morgan fingerprint density at radius 3 is 2.57 bits per heavy atom. The van der Waals surface area contributed by atoms with Crippen LogP contribution in [0.15, 0.2) is 0 Å². The lowest BCUT2D eigenvalue weighted by Gasteiger charge is -2.41. The molecule has 1 N–H and O–H groups in total. The molecule has 122 valence electrons. The van der Waals surface area contributed by atoms with Gasteiger partial charge in [-0.1, -0.05) is 0 Å². The molecule has 0 amide bonds. The third-order valence-corrected chi connectivity index (χ3v) is 5.25. The fourth-order valence-electron chi connectivity index (χ4n) is 4.02. The fraction of sp³-hybridized carbons (Fsp3) is 1.00. The monoisotopic (exact) mass is 298 g/mol. The first-order chi connectivity index (χ1) is 10.3. The first kappa shape index (κ1) is 15.7. The van der Waals surface area contributed by atoms with Crippen LogP contribution in [0, 0.1) is 0 Å². The van der Waals surface area contributed by atoms with Crippen molar-refractivity contribution in [2.24, 2.45) is 0 Å². The zero-order chi connectivity index (χ0) is 14.5. The molecule has 2 saturated heterocycles. The van der Waals surface area contributed by atoms with Crippen LogP contribution in [0.4, 0.5) is 0 Å². The lowest BCUT2D eigenvalue weighted by molar-refractivity contribution is -0.184. The molecule has 2 heterocycles. The standard InChI is InChI=1S/C16H30N2O3/c1-19-10-9-18(13-14-3-2-8-17-14)15-4-6-16(7-5-15)20-11-12-21-16/h14-15,17H,2-13H2,1H3. The maximum Gasteiger partial charge on any atom is 0.168 e. The van der Waals surface area contributed by atoms with Gasteiger partial charge in [-0.3, -0.25) is 4.90 Å². The van der Waals surface area contributed by atoms with E-state index >= 15 is 0 Å². The molecule has 5 heteroatoms. The van der Waals surface area contributed by atoms with Crippen molar-refractivity contribution in [2.75, 3.05) is 46.6 Å². The summed E-state index contributed by atoms with van der Waals surface area (Å²) in [7, 11) is 1.79. The van der Waals surface area contributed by atoms with Gasteiger partial charge in [0.1, 0.15) is 0 Å². The minimum atomic E-state index is -0.241. The van der Waals surface area contributed by atoms with E-state index in [0.717, 1.165) is 45.8 Å². The van der Waals surface area contributed by atoms with Crippen molar-refractivity contribution in [1.29, 1.82) is 0 Å². The van der Waals surface area contributed by atoms with Crippen molar-refractivity contribution in [3.05, 3.63) is 0 Å². The molecule has 1 atom stereocenters. The second kappa shape index (κ2) is 7.38. The van der Waals surface area contributed by atoms with E-state index in [-0.39, 0.29) is 5.79 Å². The highest BCUT2D eigenvalue weighted by molar-refractivity contribution is 4.89. The van der Waals surface area contributed by atoms with E-state index in [4.69, 9.17) is 14.2 Å². The molecule has 3 fully saturated rings. The fourth-order valence-corrected chi connectivity index (χ4v) is 4.02. The van der Waals surface area contributed by atoms with Crippen molar-refractivity contribution in [3.63, 3.8) is 0 Å². The van der Waals surface area contributed by atoms with Crippen LogP contribution in [0.1, 0.15) is 38.5 Å². The molecule has 0 radical (unpaired) electrons. The quantitative estimate of drug-likeness (QED) is 0.802. The molecule has 3 rings (SSSR count). The Balaban J connectivity index is 1.52. The van der Waals surface area contributed by atoms with Crippen LogP contribution in [0.5, 0.6) is 0 Å². The van der Waals surface area contributed by atoms with Crippen LogP contribution >= 0.6 is 0 Å². The topological polar surface area (TPSA) is 43.0 Å². The number of ether oxygens (including phenoxy) is 3. The van der Waals surface area contributed by atoms with Crippen molar-refractivity contribution >= 4 is 0 Å². The predicted molar refractivity (Wildman–Crippen MR) is 81.4 cm³/mol. The summed E-state index contributed by atoms with van der Waals surface area (Å²) in [5.74, 6) is -0.241. The Kier molecular flexibility index (Phi) is 5.51. The van der Waals surface area contributed by atoms with Crippen molar-refractivity contribution in [2.45, 2.75) is 56.4 Å². The summed E-state index contributed by atoms with van der Waals surface area (Å²) in [6, 6.07) is 1.32. The Labute approximate surface area is 128 Å². The average molecular weight is 298 g/mol. The number of nitrogens with zero attached hydrogens (tertiary/aromatic N) is 1. The van der Waals surface area contributed by atoms with E-state index in [1.165, 1.54) is 32.2 Å². The van der Waals surface area contributed by atoms with Gasteiger partial charge in [-0.05, 0) is 32.2 Å². The molecule has 1 unspecified atom stereocenters. The van der Waals surface area contributed by atoms with E-state index in [2.05, 4.69) is 10.2 Å². The first-order valence-electron chi connectivity index (χ1n) is 8.56. The van der Waals surface area contributed by atoms with Crippen LogP contribution in [0.2, 0.25) is 0 Å². The minimum absolute atomic E-state index is 0.241. The van der Waals surface area contributed by atoms with Crippen molar-refractivity contribution < 1.29 is 14.2 Å². The molecular formula is C16H30N2O3. The van der Waals surface area contributed by atoms with Crippen LogP contribution in [-0.2, 0) is 14.2 Å². The molecule has 0 aromatic carbocycles. The van der Waals surface area contributed by atoms with Gasteiger partial charge >= 0.3 is 0 Å². The third kappa shape index (κ3) is 3.96. The van der Waals surface area contributed by atoms with E-state index in [1.54, 1.807) is 7.11 Å². The van der Waals surface area contributed by atoms with E-state index in [9.17, 15) is 0 Å². The van der Waals surface area contributed by atoms with Crippen LogP contribution in [0.3, 0.4) is 0 Å². The summed E-state index contributed by atoms with van der Waals surface area (Å²) in [6.07, 6.45) is 7.07. The first-order valence-corrected chi connectivity index (χ1v) is 8.56. The van der Waals surface area contributed by atoms with Gasteiger partial charge in [0.25, 0.3) is 0 Å². The van der Waals surface area contributed by atoms with Crippen LogP contribution < -0.4 is 5.32 Å². The summed E-state index contributed by atoms with van der Waals surface area (Å²) in [5.41, 5.74) is 0. The van der Waals surface area contributed by atoms with E-state index in [0.29, 0.717) is 12.1 Å². The van der Waals surface area contributed by atoms with Crippen molar-refractivity contribution in [1.82, 2.24) is 10.2 Å². The van der Waals surface area contributed by atoms with E-state index < -0.39 is 0 Å². The van der Waals surface area contributed by atoms with Crippen molar-refractivity contribution in [3.8, 4) is 0 Å². The number of methoxy groups -OCH3 is 1. The largest absolute Gasteiger partial charge is 0.383 e. The van der Waals surface area contributed by atoms with Gasteiger partial charge in [-0.2, -0.15) is 0 Å². The summed E-state index contributed by atoms with van der Waals surface area (Å²) >= 11 is 0. The molecule has 3 aliphatic rings. The predicted octanol–water partition coefficient (Wildman–Crippen LogP) is 1.37. The highest BCUT2D eigenvalue weighted by atomic mass is 16.7. The lowest BCUT2D eigenvalue weighted by Crippen LogP contribution is -2.49. The third-order valence-electron chi connectivity index (χ3n) is 5.25. The number of hydrogen-bond acceptors (Lipinski definition) is 5. The summed E-state index contributed by atoms with van der Waals surface area (Å²) in [6.45, 7) is 5.73. The second-order valence-corrected chi connectivity index (χ2v) is 6.62. The van der Waals surface area contributed by atoms with Gasteiger partial charge in [-0.25, -0.2) is 0 Å². The maximum atomic E-state index is 5.85. The van der Waals surface area contributed by atoms with Gasteiger partial charge in [0.05, 0.1) is 19.8 Å². The summed E-state index contributed by atoms with van der Waals surface area (Å²) in [4.78, 5) is 2.63. The molecular weight excluding hydrogens is 268 g/mol. The Morgan fingerprint density at radius 1 is 1.19 bits per heavy atom. The van der Waals surface area contributed by atoms with Crippen LogP contribution in [-0.4, -0.2) is 69.3 Å². The SMILES string of the molecule is COCCN(CC1CCCN1)C1CCC2(CC1)OCCO2. The molecule has 1 saturated carbocycles. The summed E-state index contributed by atoms with van der Waals surface area (Å²) < 4.78 is 17.0. The molecule has 2 aliphatic heterocycles. The van der Waals surface area contributed by atoms with Gasteiger partial charge in [0, 0.05) is 45.1 Å². The van der Waals surface area contributed by atoms with Gasteiger partial charge in [0.15, 0.2) is 5.79 Å². The normalized spacial score (nSPS) is 29.7. The van der Waals surface area contributed by atoms with E-state index in [1.807, 2.05) is 0 Å². The van der Waals surface area contributed by atoms with Crippen LogP contribution in [0.25, 0.3) is 0 Å². The Bertz CT molecular complexity index is 305. The molecule has 5 nitrogen and oxygen atoms in total. The number of rotatable bonds is 6. The van der Waals surface area contributed by atoms with Gasteiger partial charge in [0.2, 0.25) is 0 Å². The van der Waals surface area contributed by atoms with Gasteiger partial charge in [-0.15, -0.1) is 0 Å². The number of nitrogens with one attached hydrogen (secondary N) is 1. The highest BCUT2D eigenvalue weighted by Gasteiger charge is 2.41. The van der Waals surface area contributed by atoms with Gasteiger partial charge < -0.3 is 19.5 Å². The maximum absolute atomic E-state index is 5.85. The Hall–Kier alpha value is -0.200.